The molecule has 0 aliphatic rings. The van der Waals surface area contributed by atoms with E-state index in [0.717, 1.165) is 44.8 Å². The van der Waals surface area contributed by atoms with Gasteiger partial charge in [0.05, 0.1) is 18.5 Å². The minimum absolute atomic E-state index is 0.707. The van der Waals surface area contributed by atoms with Gasteiger partial charge in [-0.05, 0) is 76.8 Å². The number of halogens is 2. The zero-order chi connectivity index (χ0) is 19.8. The first-order valence-corrected chi connectivity index (χ1v) is 10.2. The Kier molecular flexibility index (Phi) is 5.17. The van der Waals surface area contributed by atoms with Gasteiger partial charge in [0.2, 0.25) is 0 Å². The van der Waals surface area contributed by atoms with E-state index in [4.69, 9.17) is 21.3 Å². The lowest BCUT2D eigenvalue weighted by Gasteiger charge is -2.11. The summed E-state index contributed by atoms with van der Waals surface area (Å²) in [5.74, 6) is 0.869. The van der Waals surface area contributed by atoms with E-state index in [1.807, 2.05) is 24.3 Å². The molecule has 2 heterocycles. The molecule has 0 unspecified atom stereocenters. The number of pyridine rings is 1. The van der Waals surface area contributed by atoms with Crippen LogP contribution in [0, 0.1) is 13.8 Å². The summed E-state index contributed by atoms with van der Waals surface area (Å²) < 4.78 is 8.56. The minimum Gasteiger partial charge on any atom is -0.497 e. The van der Waals surface area contributed by atoms with Gasteiger partial charge in [0.25, 0.3) is 0 Å². The molecule has 0 bridgehead atoms. The number of nitrogens with zero attached hydrogens (tertiary/aromatic N) is 2. The van der Waals surface area contributed by atoms with Gasteiger partial charge in [0.15, 0.2) is 0 Å². The van der Waals surface area contributed by atoms with Gasteiger partial charge in [-0.1, -0.05) is 29.8 Å². The van der Waals surface area contributed by atoms with Crippen molar-refractivity contribution >= 4 is 33.2 Å². The van der Waals surface area contributed by atoms with E-state index >= 15 is 0 Å². The maximum absolute atomic E-state index is 6.27. The molecular formula is C23H20BrClN2O. The number of fused-ring (bicyclic) bond motifs is 1. The third-order valence-electron chi connectivity index (χ3n) is 4.98. The van der Waals surface area contributed by atoms with Crippen molar-refractivity contribution in [1.82, 2.24) is 9.38 Å². The van der Waals surface area contributed by atoms with E-state index in [1.165, 1.54) is 11.1 Å². The number of imidazole rings is 1. The van der Waals surface area contributed by atoms with Crippen LogP contribution in [0.1, 0.15) is 22.4 Å². The summed E-state index contributed by atoms with van der Waals surface area (Å²) in [6, 6.07) is 16.2. The molecule has 28 heavy (non-hydrogen) atoms. The Morgan fingerprint density at radius 1 is 1.07 bits per heavy atom. The van der Waals surface area contributed by atoms with Crippen LogP contribution in [0.2, 0.25) is 5.02 Å². The number of methoxy groups -OCH3 is 1. The van der Waals surface area contributed by atoms with E-state index in [1.54, 1.807) is 7.11 Å². The number of benzene rings is 2. The molecule has 0 aliphatic heterocycles. The highest BCUT2D eigenvalue weighted by atomic mass is 79.9. The van der Waals surface area contributed by atoms with Crippen molar-refractivity contribution in [2.75, 3.05) is 7.11 Å². The Balaban J connectivity index is 1.93. The van der Waals surface area contributed by atoms with E-state index in [-0.39, 0.29) is 0 Å². The van der Waals surface area contributed by atoms with Crippen LogP contribution in [0.3, 0.4) is 0 Å². The van der Waals surface area contributed by atoms with Crippen LogP contribution in [0.15, 0.2) is 59.2 Å². The molecule has 2 aromatic carbocycles. The third kappa shape index (κ3) is 3.54. The number of hydrogen-bond donors (Lipinski definition) is 0. The predicted molar refractivity (Wildman–Crippen MR) is 119 cm³/mol. The molecule has 0 saturated heterocycles. The zero-order valence-corrected chi connectivity index (χ0v) is 18.3. The van der Waals surface area contributed by atoms with Crippen LogP contribution in [-0.2, 0) is 6.42 Å². The Morgan fingerprint density at radius 2 is 1.89 bits per heavy atom. The van der Waals surface area contributed by atoms with Gasteiger partial charge >= 0.3 is 0 Å². The zero-order valence-electron chi connectivity index (χ0n) is 16.0. The highest BCUT2D eigenvalue weighted by molar-refractivity contribution is 9.10. The standard InChI is InChI=1S/C23H20BrClN2O/c1-14-10-20(28-3)8-7-16(14)12-21-22(17-5-4-6-19(25)11-17)26-23-15(2)9-18(24)13-27(21)23/h4-11,13H,12H2,1-3H3. The molecule has 2 aromatic heterocycles. The van der Waals surface area contributed by atoms with Crippen molar-refractivity contribution in [3.05, 3.63) is 86.6 Å². The second kappa shape index (κ2) is 7.61. The molecule has 0 atom stereocenters. The minimum atomic E-state index is 0.707. The topological polar surface area (TPSA) is 26.5 Å². The predicted octanol–water partition coefficient (Wildman–Crippen LogP) is 6.63. The molecule has 3 nitrogen and oxygen atoms in total. The summed E-state index contributed by atoms with van der Waals surface area (Å²) in [5.41, 5.74) is 7.62. The first kappa shape index (κ1) is 19.0. The number of aromatic nitrogens is 2. The molecule has 0 radical (unpaired) electrons. The lowest BCUT2D eigenvalue weighted by molar-refractivity contribution is 0.414. The lowest BCUT2D eigenvalue weighted by atomic mass is 10.0. The molecule has 0 saturated carbocycles. The van der Waals surface area contributed by atoms with Gasteiger partial charge in [0.1, 0.15) is 11.4 Å². The van der Waals surface area contributed by atoms with Crippen molar-refractivity contribution < 1.29 is 4.74 Å². The van der Waals surface area contributed by atoms with Gasteiger partial charge in [0, 0.05) is 27.7 Å². The second-order valence-electron chi connectivity index (χ2n) is 6.92. The van der Waals surface area contributed by atoms with Crippen molar-refractivity contribution in [1.29, 1.82) is 0 Å². The third-order valence-corrected chi connectivity index (χ3v) is 5.64. The first-order valence-electron chi connectivity index (χ1n) is 9.03. The van der Waals surface area contributed by atoms with Crippen LogP contribution in [0.5, 0.6) is 5.75 Å². The maximum Gasteiger partial charge on any atom is 0.140 e. The molecule has 4 rings (SSSR count). The molecule has 0 N–H and O–H groups in total. The van der Waals surface area contributed by atoms with Gasteiger partial charge in [-0.2, -0.15) is 0 Å². The molecule has 4 aromatic rings. The summed E-state index contributed by atoms with van der Waals surface area (Å²) in [6.45, 7) is 4.19. The van der Waals surface area contributed by atoms with Gasteiger partial charge < -0.3 is 9.14 Å². The Labute approximate surface area is 178 Å². The normalized spacial score (nSPS) is 11.2. The number of aryl methyl sites for hydroxylation is 2. The average Bonchev–Trinajstić information content (AvgIpc) is 3.02. The summed E-state index contributed by atoms with van der Waals surface area (Å²) in [7, 11) is 1.69. The Morgan fingerprint density at radius 3 is 2.61 bits per heavy atom. The highest BCUT2D eigenvalue weighted by Gasteiger charge is 2.17. The number of ether oxygens (including phenoxy) is 1. The van der Waals surface area contributed by atoms with Gasteiger partial charge in [-0.3, -0.25) is 0 Å². The molecule has 0 amide bonds. The largest absolute Gasteiger partial charge is 0.497 e. The molecule has 5 heteroatoms. The van der Waals surface area contributed by atoms with Crippen LogP contribution < -0.4 is 4.74 Å². The van der Waals surface area contributed by atoms with Crippen molar-refractivity contribution in [2.24, 2.45) is 0 Å². The van der Waals surface area contributed by atoms with Crippen LogP contribution in [0.4, 0.5) is 0 Å². The molecular weight excluding hydrogens is 436 g/mol. The summed E-state index contributed by atoms with van der Waals surface area (Å²) in [4.78, 5) is 4.98. The van der Waals surface area contributed by atoms with Crippen LogP contribution in [-0.4, -0.2) is 16.5 Å². The van der Waals surface area contributed by atoms with Crippen molar-refractivity contribution in [2.45, 2.75) is 20.3 Å². The quantitative estimate of drug-likeness (QED) is 0.345. The van der Waals surface area contributed by atoms with E-state index in [0.29, 0.717) is 5.02 Å². The molecule has 142 valence electrons. The summed E-state index contributed by atoms with van der Waals surface area (Å²) in [6.07, 6.45) is 2.84. The first-order chi connectivity index (χ1) is 13.5. The Bertz CT molecular complexity index is 1180. The monoisotopic (exact) mass is 454 g/mol. The smallest absolute Gasteiger partial charge is 0.140 e. The fourth-order valence-corrected chi connectivity index (χ4v) is 4.26. The van der Waals surface area contributed by atoms with E-state index in [9.17, 15) is 0 Å². The fourth-order valence-electron chi connectivity index (χ4n) is 3.53. The molecule has 0 fully saturated rings. The summed E-state index contributed by atoms with van der Waals surface area (Å²) in [5, 5.41) is 0.707. The molecule has 0 aliphatic carbocycles. The van der Waals surface area contributed by atoms with E-state index in [2.05, 4.69) is 64.6 Å². The summed E-state index contributed by atoms with van der Waals surface area (Å²) >= 11 is 9.89. The van der Waals surface area contributed by atoms with Crippen LogP contribution in [0.25, 0.3) is 16.9 Å². The maximum atomic E-state index is 6.27. The van der Waals surface area contributed by atoms with Gasteiger partial charge in [-0.25, -0.2) is 4.98 Å². The van der Waals surface area contributed by atoms with Crippen LogP contribution >= 0.6 is 27.5 Å². The van der Waals surface area contributed by atoms with E-state index < -0.39 is 0 Å². The van der Waals surface area contributed by atoms with Crippen molar-refractivity contribution in [3.8, 4) is 17.0 Å². The average molecular weight is 456 g/mol. The molecule has 0 spiro atoms. The SMILES string of the molecule is COc1ccc(Cc2c(-c3cccc(Cl)c3)nc3c(C)cc(Br)cn23)c(C)c1. The number of hydrogen-bond acceptors (Lipinski definition) is 2. The van der Waals surface area contributed by atoms with Gasteiger partial charge in [-0.15, -0.1) is 0 Å². The van der Waals surface area contributed by atoms with Crippen molar-refractivity contribution in [3.63, 3.8) is 0 Å². The second-order valence-corrected chi connectivity index (χ2v) is 8.27. The number of rotatable bonds is 4. The fraction of sp³-hybridized carbons (Fsp3) is 0.174. The lowest BCUT2D eigenvalue weighted by Crippen LogP contribution is -2.00. The Hall–Kier alpha value is -2.30. The highest BCUT2D eigenvalue weighted by Crippen LogP contribution is 2.31.